The summed E-state index contributed by atoms with van der Waals surface area (Å²) in [5.74, 6) is 2.52. The van der Waals surface area contributed by atoms with Gasteiger partial charge in [-0.2, -0.15) is 11.8 Å². The van der Waals surface area contributed by atoms with Crippen molar-refractivity contribution in [2.75, 3.05) is 18.8 Å². The van der Waals surface area contributed by atoms with Crippen LogP contribution >= 0.6 is 23.1 Å². The van der Waals surface area contributed by atoms with E-state index in [2.05, 4.69) is 42.3 Å². The number of thioether (sulfide) groups is 1. The second-order valence-electron chi connectivity index (χ2n) is 4.95. The maximum atomic E-state index is 3.61. The van der Waals surface area contributed by atoms with Gasteiger partial charge in [0.25, 0.3) is 0 Å². The lowest BCUT2D eigenvalue weighted by Gasteiger charge is -2.13. The van der Waals surface area contributed by atoms with Gasteiger partial charge in [-0.1, -0.05) is 6.92 Å². The lowest BCUT2D eigenvalue weighted by molar-refractivity contribution is 0.503. The highest BCUT2D eigenvalue weighted by molar-refractivity contribution is 7.98. The Morgan fingerprint density at radius 2 is 2.33 bits per heavy atom. The van der Waals surface area contributed by atoms with E-state index in [9.17, 15) is 0 Å². The number of fused-ring (bicyclic) bond motifs is 1. The molecule has 0 saturated heterocycles. The van der Waals surface area contributed by atoms with Gasteiger partial charge in [0.05, 0.1) is 0 Å². The first kappa shape index (κ1) is 14.4. The average molecular weight is 284 g/mol. The molecular formula is C14H24N2S2. The number of nitrogens with one attached hydrogen (secondary N) is 2. The first-order valence-corrected chi connectivity index (χ1v) is 8.89. The van der Waals surface area contributed by atoms with E-state index in [-0.39, 0.29) is 0 Å². The van der Waals surface area contributed by atoms with E-state index in [1.54, 1.807) is 10.4 Å². The lowest BCUT2D eigenvalue weighted by atomic mass is 10.2. The van der Waals surface area contributed by atoms with Gasteiger partial charge in [-0.05, 0) is 43.7 Å². The molecule has 2 N–H and O–H groups in total. The Morgan fingerprint density at radius 3 is 3.11 bits per heavy atom. The van der Waals surface area contributed by atoms with Crippen LogP contribution in [-0.2, 0) is 18.7 Å². The molecule has 0 spiro atoms. The number of aryl methyl sites for hydroxylation is 1. The largest absolute Gasteiger partial charge is 0.315 e. The fourth-order valence-electron chi connectivity index (χ4n) is 2.14. The summed E-state index contributed by atoms with van der Waals surface area (Å²) >= 11 is 4.07. The van der Waals surface area contributed by atoms with Crippen molar-refractivity contribution in [3.63, 3.8) is 0 Å². The summed E-state index contributed by atoms with van der Waals surface area (Å²) in [4.78, 5) is 3.13. The van der Waals surface area contributed by atoms with Gasteiger partial charge in [0, 0.05) is 34.6 Å². The molecule has 0 bridgehead atoms. The predicted molar refractivity (Wildman–Crippen MR) is 83.6 cm³/mol. The molecule has 1 aromatic rings. The zero-order valence-corrected chi connectivity index (χ0v) is 13.1. The van der Waals surface area contributed by atoms with Crippen LogP contribution in [0.15, 0.2) is 6.07 Å². The van der Waals surface area contributed by atoms with Crippen LogP contribution in [0.5, 0.6) is 0 Å². The van der Waals surface area contributed by atoms with Gasteiger partial charge in [0.15, 0.2) is 0 Å². The molecule has 0 aliphatic carbocycles. The second-order valence-corrected chi connectivity index (χ2v) is 7.28. The molecule has 18 heavy (non-hydrogen) atoms. The highest BCUT2D eigenvalue weighted by Gasteiger charge is 2.13. The molecule has 0 radical (unpaired) electrons. The minimum atomic E-state index is 0.546. The Hall–Kier alpha value is -0.0300. The summed E-state index contributed by atoms with van der Waals surface area (Å²) in [6.07, 6.45) is 2.49. The Morgan fingerprint density at radius 1 is 1.44 bits per heavy atom. The summed E-state index contributed by atoms with van der Waals surface area (Å²) in [7, 11) is 0. The summed E-state index contributed by atoms with van der Waals surface area (Å²) in [6, 6.07) is 2.95. The predicted octanol–water partition coefficient (Wildman–Crippen LogP) is 3.02. The van der Waals surface area contributed by atoms with Gasteiger partial charge in [-0.3, -0.25) is 0 Å². The highest BCUT2D eigenvalue weighted by Crippen LogP contribution is 2.31. The first-order valence-electron chi connectivity index (χ1n) is 6.92. The molecule has 0 amide bonds. The molecular weight excluding hydrogens is 260 g/mol. The van der Waals surface area contributed by atoms with Crippen LogP contribution in [0.3, 0.4) is 0 Å². The highest BCUT2D eigenvalue weighted by atomic mass is 32.2. The molecule has 0 fully saturated rings. The summed E-state index contributed by atoms with van der Waals surface area (Å²) in [5, 5.41) is 7.07. The minimum absolute atomic E-state index is 0.546. The van der Waals surface area contributed by atoms with Gasteiger partial charge >= 0.3 is 0 Å². The maximum absolute atomic E-state index is 3.61. The fourth-order valence-corrected chi connectivity index (χ4v) is 4.47. The molecule has 1 aliphatic heterocycles. The van der Waals surface area contributed by atoms with E-state index < -0.39 is 0 Å². The van der Waals surface area contributed by atoms with E-state index in [0.717, 1.165) is 19.6 Å². The molecule has 2 nitrogen and oxygen atoms in total. The van der Waals surface area contributed by atoms with Crippen LogP contribution in [0.2, 0.25) is 0 Å². The van der Waals surface area contributed by atoms with Crippen molar-refractivity contribution in [3.05, 3.63) is 21.4 Å². The second kappa shape index (κ2) is 7.53. The molecule has 1 aromatic heterocycles. The van der Waals surface area contributed by atoms with Crippen molar-refractivity contribution < 1.29 is 0 Å². The SMILES string of the molecule is CCCNCC(C)NCc1cc2c(s1)CCSC2. The van der Waals surface area contributed by atoms with Crippen LogP contribution in [0.4, 0.5) is 0 Å². The van der Waals surface area contributed by atoms with Crippen molar-refractivity contribution in [2.24, 2.45) is 0 Å². The van der Waals surface area contributed by atoms with Gasteiger partial charge in [0.2, 0.25) is 0 Å². The summed E-state index contributed by atoms with van der Waals surface area (Å²) in [6.45, 7) is 7.67. The Bertz CT molecular complexity index is 339. The van der Waals surface area contributed by atoms with E-state index >= 15 is 0 Å². The van der Waals surface area contributed by atoms with Gasteiger partial charge in [-0.15, -0.1) is 11.3 Å². The van der Waals surface area contributed by atoms with Gasteiger partial charge in [-0.25, -0.2) is 0 Å². The minimum Gasteiger partial charge on any atom is -0.315 e. The topological polar surface area (TPSA) is 24.1 Å². The van der Waals surface area contributed by atoms with Crippen LogP contribution in [0.1, 0.15) is 35.6 Å². The van der Waals surface area contributed by atoms with E-state index in [0.29, 0.717) is 6.04 Å². The number of hydrogen-bond acceptors (Lipinski definition) is 4. The Balaban J connectivity index is 1.74. The van der Waals surface area contributed by atoms with Gasteiger partial charge in [0.1, 0.15) is 0 Å². The van der Waals surface area contributed by atoms with Crippen molar-refractivity contribution >= 4 is 23.1 Å². The van der Waals surface area contributed by atoms with Crippen molar-refractivity contribution in [3.8, 4) is 0 Å². The smallest absolute Gasteiger partial charge is 0.0302 e. The normalized spacial score (nSPS) is 16.6. The zero-order chi connectivity index (χ0) is 12.8. The lowest BCUT2D eigenvalue weighted by Crippen LogP contribution is -2.36. The molecule has 0 saturated carbocycles. The maximum Gasteiger partial charge on any atom is 0.0302 e. The molecule has 1 atom stereocenters. The Kier molecular flexibility index (Phi) is 6.02. The van der Waals surface area contributed by atoms with Crippen molar-refractivity contribution in [2.45, 2.75) is 45.0 Å². The Labute approximate surface area is 119 Å². The van der Waals surface area contributed by atoms with E-state index in [1.165, 1.54) is 29.2 Å². The van der Waals surface area contributed by atoms with E-state index in [4.69, 9.17) is 0 Å². The standard InChI is InChI=1S/C14H24N2S2/c1-3-5-15-8-11(2)16-9-13-7-12-10-17-6-4-14(12)18-13/h7,11,15-16H,3-6,8-10H2,1-2H3. The average Bonchev–Trinajstić information content (AvgIpc) is 2.79. The monoisotopic (exact) mass is 284 g/mol. The van der Waals surface area contributed by atoms with E-state index in [1.807, 2.05) is 11.3 Å². The molecule has 2 heterocycles. The summed E-state index contributed by atoms with van der Waals surface area (Å²) < 4.78 is 0. The summed E-state index contributed by atoms with van der Waals surface area (Å²) in [5.41, 5.74) is 1.59. The van der Waals surface area contributed by atoms with Crippen LogP contribution in [0.25, 0.3) is 0 Å². The molecule has 1 aliphatic rings. The molecule has 4 heteroatoms. The fraction of sp³-hybridized carbons (Fsp3) is 0.714. The molecule has 2 rings (SSSR count). The van der Waals surface area contributed by atoms with Crippen LogP contribution in [0, 0.1) is 0 Å². The third-order valence-corrected chi connectivity index (χ3v) is 5.43. The number of thiophene rings is 1. The van der Waals surface area contributed by atoms with Crippen molar-refractivity contribution in [1.29, 1.82) is 0 Å². The molecule has 1 unspecified atom stereocenters. The third kappa shape index (κ3) is 4.26. The third-order valence-electron chi connectivity index (χ3n) is 3.18. The molecule has 102 valence electrons. The first-order chi connectivity index (χ1) is 8.79. The quantitative estimate of drug-likeness (QED) is 0.753. The van der Waals surface area contributed by atoms with Crippen LogP contribution in [-0.4, -0.2) is 24.9 Å². The van der Waals surface area contributed by atoms with Gasteiger partial charge < -0.3 is 10.6 Å². The molecule has 0 aromatic carbocycles. The zero-order valence-electron chi connectivity index (χ0n) is 11.4. The van der Waals surface area contributed by atoms with Crippen molar-refractivity contribution in [1.82, 2.24) is 10.6 Å². The number of rotatable bonds is 7. The number of hydrogen-bond donors (Lipinski definition) is 2. The van der Waals surface area contributed by atoms with Crippen LogP contribution < -0.4 is 10.6 Å².